The van der Waals surface area contributed by atoms with Gasteiger partial charge in [0.05, 0.1) is 12.1 Å². The molecule has 0 amide bonds. The van der Waals surface area contributed by atoms with E-state index in [1.807, 2.05) is 23.0 Å². The van der Waals surface area contributed by atoms with Gasteiger partial charge in [-0.1, -0.05) is 6.07 Å². The minimum Gasteiger partial charge on any atom is -0.269 e. The number of hydrogen-bond acceptors (Lipinski definition) is 1. The summed E-state index contributed by atoms with van der Waals surface area (Å²) in [7, 11) is 0. The van der Waals surface area contributed by atoms with Crippen molar-refractivity contribution in [3.8, 4) is 0 Å². The van der Waals surface area contributed by atoms with E-state index in [0.29, 0.717) is 11.7 Å². The van der Waals surface area contributed by atoms with E-state index < -0.39 is 0 Å². The van der Waals surface area contributed by atoms with E-state index >= 15 is 0 Å². The van der Waals surface area contributed by atoms with Crippen molar-refractivity contribution in [2.75, 3.05) is 0 Å². The molecule has 70 valence electrons. The van der Waals surface area contributed by atoms with E-state index in [-0.39, 0.29) is 0 Å². The Morgan fingerprint density at radius 2 is 2.21 bits per heavy atom. The highest BCUT2D eigenvalue weighted by Crippen LogP contribution is 2.21. The van der Waals surface area contributed by atoms with Gasteiger partial charge in [-0.2, -0.15) is 5.10 Å². The molecule has 0 fully saturated rings. The Morgan fingerprint density at radius 1 is 1.43 bits per heavy atom. The molecule has 0 N–H and O–H groups in total. The maximum atomic E-state index is 6.91. The SMILES string of the molecule is [C-]#[N+]c1ccc2nn(C(C)C)cc2c1. The molecule has 1 heterocycles. The topological polar surface area (TPSA) is 22.2 Å². The normalized spacial score (nSPS) is 10.7. The van der Waals surface area contributed by atoms with Gasteiger partial charge in [0.2, 0.25) is 0 Å². The summed E-state index contributed by atoms with van der Waals surface area (Å²) in [5.41, 5.74) is 1.62. The Kier molecular flexibility index (Phi) is 1.97. The molecule has 1 aromatic carbocycles. The number of nitrogens with zero attached hydrogens (tertiary/aromatic N) is 3. The molecule has 1 aromatic heterocycles. The van der Waals surface area contributed by atoms with E-state index in [1.54, 1.807) is 6.07 Å². The van der Waals surface area contributed by atoms with Gasteiger partial charge in [-0.05, 0) is 26.0 Å². The lowest BCUT2D eigenvalue weighted by atomic mass is 10.2. The number of hydrogen-bond donors (Lipinski definition) is 0. The lowest BCUT2D eigenvalue weighted by Gasteiger charge is -2.02. The van der Waals surface area contributed by atoms with Crippen LogP contribution in [0.15, 0.2) is 24.4 Å². The molecule has 3 heteroatoms. The number of benzene rings is 1. The van der Waals surface area contributed by atoms with Gasteiger partial charge < -0.3 is 0 Å². The molecule has 2 aromatic rings. The van der Waals surface area contributed by atoms with Crippen LogP contribution in [0.1, 0.15) is 19.9 Å². The molecule has 14 heavy (non-hydrogen) atoms. The van der Waals surface area contributed by atoms with Gasteiger partial charge in [-0.3, -0.25) is 4.68 Å². The van der Waals surface area contributed by atoms with Crippen LogP contribution in [0.2, 0.25) is 0 Å². The van der Waals surface area contributed by atoms with E-state index in [4.69, 9.17) is 6.57 Å². The van der Waals surface area contributed by atoms with Crippen LogP contribution in [-0.2, 0) is 0 Å². The Labute approximate surface area is 82.8 Å². The Morgan fingerprint density at radius 3 is 2.86 bits per heavy atom. The molecule has 0 saturated heterocycles. The smallest absolute Gasteiger partial charge is 0.188 e. The minimum atomic E-state index is 0.360. The van der Waals surface area contributed by atoms with E-state index in [0.717, 1.165) is 10.9 Å². The van der Waals surface area contributed by atoms with Crippen LogP contribution in [-0.4, -0.2) is 9.78 Å². The first-order chi connectivity index (χ1) is 6.70. The molecule has 0 aliphatic heterocycles. The van der Waals surface area contributed by atoms with Crippen molar-refractivity contribution >= 4 is 16.6 Å². The van der Waals surface area contributed by atoms with Crippen LogP contribution >= 0.6 is 0 Å². The van der Waals surface area contributed by atoms with Crippen molar-refractivity contribution < 1.29 is 0 Å². The third kappa shape index (κ3) is 1.35. The first kappa shape index (κ1) is 8.76. The minimum absolute atomic E-state index is 0.360. The van der Waals surface area contributed by atoms with Crippen molar-refractivity contribution in [3.63, 3.8) is 0 Å². The molecule has 0 unspecified atom stereocenters. The van der Waals surface area contributed by atoms with Crippen LogP contribution in [0, 0.1) is 6.57 Å². The summed E-state index contributed by atoms with van der Waals surface area (Å²) >= 11 is 0. The van der Waals surface area contributed by atoms with Crippen molar-refractivity contribution in [2.24, 2.45) is 0 Å². The summed E-state index contributed by atoms with van der Waals surface area (Å²) < 4.78 is 1.92. The second-order valence-corrected chi connectivity index (χ2v) is 3.56. The first-order valence-electron chi connectivity index (χ1n) is 4.57. The summed E-state index contributed by atoms with van der Waals surface area (Å²) in [5.74, 6) is 0. The van der Waals surface area contributed by atoms with Crippen molar-refractivity contribution in [1.29, 1.82) is 0 Å². The third-order valence-corrected chi connectivity index (χ3v) is 2.16. The number of fused-ring (bicyclic) bond motifs is 1. The predicted octanol–water partition coefficient (Wildman–Crippen LogP) is 3.17. The maximum absolute atomic E-state index is 6.91. The molecule has 0 bridgehead atoms. The largest absolute Gasteiger partial charge is 0.269 e. The summed E-state index contributed by atoms with van der Waals surface area (Å²) in [6.07, 6.45) is 1.98. The van der Waals surface area contributed by atoms with Gasteiger partial charge in [-0.15, -0.1) is 0 Å². The first-order valence-corrected chi connectivity index (χ1v) is 4.57. The van der Waals surface area contributed by atoms with Gasteiger partial charge in [-0.25, -0.2) is 4.85 Å². The van der Waals surface area contributed by atoms with E-state index in [1.165, 1.54) is 0 Å². The number of rotatable bonds is 1. The summed E-state index contributed by atoms with van der Waals surface area (Å²) in [4.78, 5) is 3.39. The summed E-state index contributed by atoms with van der Waals surface area (Å²) in [5, 5.41) is 5.44. The highest BCUT2D eigenvalue weighted by Gasteiger charge is 2.03. The van der Waals surface area contributed by atoms with E-state index in [2.05, 4.69) is 23.8 Å². The fraction of sp³-hybridized carbons (Fsp3) is 0.273. The van der Waals surface area contributed by atoms with Gasteiger partial charge in [0.15, 0.2) is 5.69 Å². The fourth-order valence-electron chi connectivity index (χ4n) is 1.37. The van der Waals surface area contributed by atoms with Crippen LogP contribution in [0.5, 0.6) is 0 Å². The van der Waals surface area contributed by atoms with Gasteiger partial charge in [0, 0.05) is 17.6 Å². The van der Waals surface area contributed by atoms with Crippen LogP contribution in [0.4, 0.5) is 5.69 Å². The molecule has 0 radical (unpaired) electrons. The van der Waals surface area contributed by atoms with Crippen molar-refractivity contribution in [1.82, 2.24) is 9.78 Å². The Balaban J connectivity index is 2.61. The molecule has 0 saturated carbocycles. The highest BCUT2D eigenvalue weighted by molar-refractivity contribution is 5.82. The molecule has 0 atom stereocenters. The summed E-state index contributed by atoms with van der Waals surface area (Å²) in [6.45, 7) is 11.1. The van der Waals surface area contributed by atoms with Gasteiger partial charge in [0.25, 0.3) is 0 Å². The zero-order chi connectivity index (χ0) is 10.1. The maximum Gasteiger partial charge on any atom is 0.188 e. The van der Waals surface area contributed by atoms with Crippen LogP contribution in [0.25, 0.3) is 15.7 Å². The number of aromatic nitrogens is 2. The monoisotopic (exact) mass is 185 g/mol. The highest BCUT2D eigenvalue weighted by atomic mass is 15.3. The van der Waals surface area contributed by atoms with Crippen LogP contribution < -0.4 is 0 Å². The van der Waals surface area contributed by atoms with Crippen molar-refractivity contribution in [2.45, 2.75) is 19.9 Å². The average Bonchev–Trinajstić information content (AvgIpc) is 2.59. The molecule has 0 spiro atoms. The van der Waals surface area contributed by atoms with Crippen LogP contribution in [0.3, 0.4) is 0 Å². The Bertz CT molecular complexity index is 503. The molecule has 3 nitrogen and oxygen atoms in total. The van der Waals surface area contributed by atoms with Gasteiger partial charge in [0.1, 0.15) is 0 Å². The molecular formula is C11H11N3. The predicted molar refractivity (Wildman–Crippen MR) is 56.4 cm³/mol. The van der Waals surface area contributed by atoms with Gasteiger partial charge >= 0.3 is 0 Å². The lowest BCUT2D eigenvalue weighted by molar-refractivity contribution is 0.537. The zero-order valence-corrected chi connectivity index (χ0v) is 8.23. The quantitative estimate of drug-likeness (QED) is 0.625. The molecule has 0 aliphatic carbocycles. The Hall–Kier alpha value is -1.82. The standard InChI is InChI=1S/C11H11N3/c1-8(2)14-7-9-6-10(12-3)4-5-11(9)13-14/h4-8H,1-2H3. The average molecular weight is 185 g/mol. The molecular weight excluding hydrogens is 174 g/mol. The third-order valence-electron chi connectivity index (χ3n) is 2.16. The van der Waals surface area contributed by atoms with Crippen molar-refractivity contribution in [3.05, 3.63) is 35.8 Å². The lowest BCUT2D eigenvalue weighted by Crippen LogP contribution is -1.99. The zero-order valence-electron chi connectivity index (χ0n) is 8.23. The second kappa shape index (κ2) is 3.15. The van der Waals surface area contributed by atoms with E-state index in [9.17, 15) is 0 Å². The summed E-state index contributed by atoms with van der Waals surface area (Å²) in [6, 6.07) is 5.92. The second-order valence-electron chi connectivity index (χ2n) is 3.56. The molecule has 0 aliphatic rings. The fourth-order valence-corrected chi connectivity index (χ4v) is 1.37. The molecule has 2 rings (SSSR count).